The molecule has 202 valence electrons. The van der Waals surface area contributed by atoms with Crippen LogP contribution in [0.2, 0.25) is 0 Å². The molecule has 0 spiro atoms. The number of carbonyl (C=O) groups excluding carboxylic acids is 3. The predicted octanol–water partition coefficient (Wildman–Crippen LogP) is -0.266. The standard InChI is InChI=1S/C23H31N5O7S2/c1-37-7-6-16(26-20(31)14(24)9-19(29)30)21(32)28-18(11-36)22(33)27-17(23(34)35)8-12-10-25-15-5-3-2-4-13(12)15/h2-5,10,14,16-18,25,36H,6-9,11,24H2,1H3,(H,26,31)(H,27,33)(H,28,32)(H,29,30)(H,34,35). The number of rotatable bonds is 15. The third-order valence-electron chi connectivity index (χ3n) is 5.50. The van der Waals surface area contributed by atoms with E-state index in [0.717, 1.165) is 10.9 Å². The van der Waals surface area contributed by atoms with Crippen LogP contribution in [0.15, 0.2) is 30.5 Å². The molecule has 0 aliphatic rings. The number of amides is 3. The molecule has 1 heterocycles. The molecule has 1 aromatic carbocycles. The molecule has 37 heavy (non-hydrogen) atoms. The van der Waals surface area contributed by atoms with Crippen molar-refractivity contribution in [3.8, 4) is 0 Å². The first kappa shape index (κ1) is 30.0. The van der Waals surface area contributed by atoms with Gasteiger partial charge in [0.05, 0.1) is 12.5 Å². The van der Waals surface area contributed by atoms with Crippen molar-refractivity contribution in [1.29, 1.82) is 0 Å². The second-order valence-corrected chi connectivity index (χ2v) is 9.60. The van der Waals surface area contributed by atoms with Gasteiger partial charge >= 0.3 is 11.9 Å². The van der Waals surface area contributed by atoms with E-state index in [9.17, 15) is 29.1 Å². The molecule has 4 unspecified atom stereocenters. The number of hydrogen-bond acceptors (Lipinski definition) is 8. The Hall–Kier alpha value is -3.23. The fourth-order valence-corrected chi connectivity index (χ4v) is 4.25. The van der Waals surface area contributed by atoms with E-state index in [2.05, 4.69) is 33.6 Å². The summed E-state index contributed by atoms with van der Waals surface area (Å²) in [6.45, 7) is 0. The van der Waals surface area contributed by atoms with Crippen molar-refractivity contribution in [2.24, 2.45) is 5.73 Å². The molecule has 14 heteroatoms. The third kappa shape index (κ3) is 8.98. The molecule has 3 amide bonds. The Morgan fingerprint density at radius 2 is 1.62 bits per heavy atom. The molecule has 0 aliphatic heterocycles. The molecular weight excluding hydrogens is 522 g/mol. The molecule has 0 saturated heterocycles. The van der Waals surface area contributed by atoms with Gasteiger partial charge in [-0.15, -0.1) is 0 Å². The van der Waals surface area contributed by atoms with Crippen molar-refractivity contribution in [2.75, 3.05) is 17.8 Å². The Balaban J connectivity index is 2.08. The topological polar surface area (TPSA) is 204 Å². The monoisotopic (exact) mass is 553 g/mol. The number of benzene rings is 1. The molecule has 2 rings (SSSR count). The summed E-state index contributed by atoms with van der Waals surface area (Å²) in [5.74, 6) is -4.45. The van der Waals surface area contributed by atoms with E-state index in [1.165, 1.54) is 11.8 Å². The Kier molecular flexibility index (Phi) is 11.8. The van der Waals surface area contributed by atoms with Crippen LogP contribution in [0.25, 0.3) is 10.9 Å². The van der Waals surface area contributed by atoms with Crippen LogP contribution in [0.1, 0.15) is 18.4 Å². The Labute approximate surface area is 222 Å². The van der Waals surface area contributed by atoms with Gasteiger partial charge in [-0.05, 0) is 30.1 Å². The first-order valence-electron chi connectivity index (χ1n) is 11.3. The highest BCUT2D eigenvalue weighted by Crippen LogP contribution is 2.19. The molecule has 2 aromatic rings. The van der Waals surface area contributed by atoms with Crippen molar-refractivity contribution >= 4 is 65.0 Å². The lowest BCUT2D eigenvalue weighted by Gasteiger charge is -2.24. The number of thioether (sulfide) groups is 1. The van der Waals surface area contributed by atoms with E-state index in [4.69, 9.17) is 10.8 Å². The molecule has 1 aromatic heterocycles. The summed E-state index contributed by atoms with van der Waals surface area (Å²) >= 11 is 5.54. The maximum absolute atomic E-state index is 12.9. The molecule has 0 aliphatic carbocycles. The number of carbonyl (C=O) groups is 5. The first-order chi connectivity index (χ1) is 17.6. The number of aromatic nitrogens is 1. The lowest BCUT2D eigenvalue weighted by molar-refractivity contribution is -0.142. The highest BCUT2D eigenvalue weighted by molar-refractivity contribution is 7.98. The number of para-hydroxylation sites is 1. The zero-order valence-corrected chi connectivity index (χ0v) is 21.8. The zero-order chi connectivity index (χ0) is 27.5. The third-order valence-corrected chi connectivity index (χ3v) is 6.51. The average molecular weight is 554 g/mol. The smallest absolute Gasteiger partial charge is 0.326 e. The van der Waals surface area contributed by atoms with Gasteiger partial charge in [-0.3, -0.25) is 19.2 Å². The molecule has 0 saturated carbocycles. The Morgan fingerprint density at radius 3 is 2.24 bits per heavy atom. The summed E-state index contributed by atoms with van der Waals surface area (Å²) in [6, 6.07) is 2.44. The van der Waals surface area contributed by atoms with Crippen LogP contribution in [0.4, 0.5) is 0 Å². The van der Waals surface area contributed by atoms with Gasteiger partial charge in [-0.2, -0.15) is 24.4 Å². The molecule has 0 bridgehead atoms. The summed E-state index contributed by atoms with van der Waals surface area (Å²) in [4.78, 5) is 63.8. The van der Waals surface area contributed by atoms with Gasteiger partial charge in [0, 0.05) is 29.3 Å². The van der Waals surface area contributed by atoms with Crippen LogP contribution in [0.3, 0.4) is 0 Å². The minimum atomic E-state index is -1.35. The van der Waals surface area contributed by atoms with Gasteiger partial charge in [0.2, 0.25) is 17.7 Å². The van der Waals surface area contributed by atoms with Gasteiger partial charge in [0.15, 0.2) is 0 Å². The van der Waals surface area contributed by atoms with Gasteiger partial charge in [-0.25, -0.2) is 4.79 Å². The summed E-state index contributed by atoms with van der Waals surface area (Å²) in [5, 5.41) is 26.7. The van der Waals surface area contributed by atoms with Gasteiger partial charge in [-0.1, -0.05) is 18.2 Å². The second-order valence-electron chi connectivity index (χ2n) is 8.25. The normalized spacial score (nSPS) is 14.2. The largest absolute Gasteiger partial charge is 0.481 e. The van der Waals surface area contributed by atoms with E-state index in [1.807, 2.05) is 24.3 Å². The minimum Gasteiger partial charge on any atom is -0.481 e. The fraction of sp³-hybridized carbons (Fsp3) is 0.435. The number of nitrogens with two attached hydrogens (primary N) is 1. The van der Waals surface area contributed by atoms with E-state index < -0.39 is 60.2 Å². The van der Waals surface area contributed by atoms with E-state index >= 15 is 0 Å². The highest BCUT2D eigenvalue weighted by atomic mass is 32.2. The SMILES string of the molecule is CSCCC(NC(=O)C(N)CC(=O)O)C(=O)NC(CS)C(=O)NC(Cc1c[nH]c2ccccc12)C(=O)O. The molecular formula is C23H31N5O7S2. The molecule has 0 fully saturated rings. The van der Waals surface area contributed by atoms with Crippen LogP contribution < -0.4 is 21.7 Å². The number of H-pyrrole nitrogens is 1. The fourth-order valence-electron chi connectivity index (χ4n) is 3.52. The minimum absolute atomic E-state index is 0.00615. The number of fused-ring (bicyclic) bond motifs is 1. The van der Waals surface area contributed by atoms with Crippen LogP contribution in [0.5, 0.6) is 0 Å². The molecule has 8 N–H and O–H groups in total. The Morgan fingerprint density at radius 1 is 1.00 bits per heavy atom. The number of nitrogens with one attached hydrogen (secondary N) is 4. The highest BCUT2D eigenvalue weighted by Gasteiger charge is 2.30. The Bertz CT molecular complexity index is 1130. The second kappa shape index (κ2) is 14.5. The van der Waals surface area contributed by atoms with Crippen molar-refractivity contribution in [2.45, 2.75) is 43.4 Å². The van der Waals surface area contributed by atoms with E-state index in [0.29, 0.717) is 11.3 Å². The summed E-state index contributed by atoms with van der Waals surface area (Å²) in [7, 11) is 0. The number of aromatic amines is 1. The van der Waals surface area contributed by atoms with Crippen molar-refractivity contribution < 1.29 is 34.2 Å². The van der Waals surface area contributed by atoms with Crippen molar-refractivity contribution in [1.82, 2.24) is 20.9 Å². The number of aliphatic carboxylic acids is 2. The summed E-state index contributed by atoms with van der Waals surface area (Å²) in [5.41, 5.74) is 7.11. The first-order valence-corrected chi connectivity index (χ1v) is 13.4. The lowest BCUT2D eigenvalue weighted by atomic mass is 10.0. The van der Waals surface area contributed by atoms with Crippen LogP contribution in [-0.2, 0) is 30.4 Å². The molecule has 4 atom stereocenters. The zero-order valence-electron chi connectivity index (χ0n) is 20.1. The van der Waals surface area contributed by atoms with Crippen LogP contribution in [0, 0.1) is 0 Å². The summed E-state index contributed by atoms with van der Waals surface area (Å²) in [6.07, 6.45) is 3.07. The van der Waals surface area contributed by atoms with Crippen molar-refractivity contribution in [3.63, 3.8) is 0 Å². The predicted molar refractivity (Wildman–Crippen MR) is 143 cm³/mol. The van der Waals surface area contributed by atoms with Gasteiger partial charge in [0.25, 0.3) is 0 Å². The maximum atomic E-state index is 12.9. The van der Waals surface area contributed by atoms with Gasteiger partial charge < -0.3 is 36.9 Å². The number of hydrogen-bond donors (Lipinski definition) is 8. The molecule has 12 nitrogen and oxygen atoms in total. The lowest BCUT2D eigenvalue weighted by Crippen LogP contribution is -2.58. The number of carboxylic acids is 2. The van der Waals surface area contributed by atoms with E-state index in [1.54, 1.807) is 12.5 Å². The average Bonchev–Trinajstić information content (AvgIpc) is 3.26. The molecule has 0 radical (unpaired) electrons. The van der Waals surface area contributed by atoms with Crippen LogP contribution >= 0.6 is 24.4 Å². The maximum Gasteiger partial charge on any atom is 0.326 e. The summed E-state index contributed by atoms with van der Waals surface area (Å²) < 4.78 is 0. The van der Waals surface area contributed by atoms with Crippen LogP contribution in [-0.4, -0.2) is 86.8 Å². The van der Waals surface area contributed by atoms with Gasteiger partial charge in [0.1, 0.15) is 18.1 Å². The number of carboxylic acid groups (broad SMARTS) is 2. The number of thiol groups is 1. The van der Waals surface area contributed by atoms with Crippen molar-refractivity contribution in [3.05, 3.63) is 36.0 Å². The quantitative estimate of drug-likeness (QED) is 0.137. The van der Waals surface area contributed by atoms with E-state index in [-0.39, 0.29) is 18.6 Å².